The number of hydrogen-bond donors (Lipinski definition) is 0. The molecule has 0 aliphatic carbocycles. The molecule has 1 rings (SSSR count). The molecule has 0 saturated heterocycles. The second kappa shape index (κ2) is 27.7. The lowest BCUT2D eigenvalue weighted by atomic mass is 10.1. The lowest BCUT2D eigenvalue weighted by molar-refractivity contribution is -0.160. The zero-order valence-corrected chi connectivity index (χ0v) is 28.3. The molecule has 260 valence electrons. The third-order valence-corrected chi connectivity index (χ3v) is 7.00. The van der Waals surface area contributed by atoms with Gasteiger partial charge >= 0.3 is 17.9 Å². The van der Waals surface area contributed by atoms with Crippen molar-refractivity contribution in [3.8, 4) is 0 Å². The van der Waals surface area contributed by atoms with Crippen molar-refractivity contribution in [1.82, 2.24) is 15.0 Å². The molecule has 0 fully saturated rings. The zero-order valence-electron chi connectivity index (χ0n) is 28.3. The Kier molecular flexibility index (Phi) is 24.9. The molecule has 12 nitrogen and oxygen atoms in total. The molecule has 1 aromatic heterocycles. The van der Waals surface area contributed by atoms with Crippen LogP contribution >= 0.6 is 0 Å². The van der Waals surface area contributed by atoms with E-state index in [1.807, 2.05) is 6.92 Å². The van der Waals surface area contributed by atoms with Crippen LogP contribution in [0.5, 0.6) is 0 Å². The summed E-state index contributed by atoms with van der Waals surface area (Å²) in [6.07, 6.45) is 13.2. The SMILES string of the molecule is CCCCCCCC(=O)OCC(Cn1cc(CCC(=O)OCCOC(C)COCCCOC)nn1)OC(=O)CCCCCCC. The molecule has 0 radical (unpaired) electrons. The number of carbonyl (C=O) groups is 3. The van der Waals surface area contributed by atoms with Gasteiger partial charge in [-0.2, -0.15) is 0 Å². The van der Waals surface area contributed by atoms with Crippen molar-refractivity contribution in [3.63, 3.8) is 0 Å². The quantitative estimate of drug-likeness (QED) is 0.0607. The molecule has 1 heterocycles. The van der Waals surface area contributed by atoms with E-state index < -0.39 is 6.10 Å². The molecule has 0 N–H and O–H groups in total. The molecule has 1 aromatic rings. The Bertz CT molecular complexity index is 897. The van der Waals surface area contributed by atoms with E-state index in [1.54, 1.807) is 18.0 Å². The number of aromatic nitrogens is 3. The van der Waals surface area contributed by atoms with Crippen molar-refractivity contribution < 1.29 is 42.8 Å². The van der Waals surface area contributed by atoms with E-state index in [1.165, 1.54) is 0 Å². The van der Waals surface area contributed by atoms with Crippen LogP contribution in [0.3, 0.4) is 0 Å². The molecule has 12 heteroatoms. The number of hydrogen-bond acceptors (Lipinski definition) is 11. The Labute approximate surface area is 270 Å². The van der Waals surface area contributed by atoms with Crippen LogP contribution in [0.1, 0.15) is 116 Å². The highest BCUT2D eigenvalue weighted by Crippen LogP contribution is 2.10. The van der Waals surface area contributed by atoms with Gasteiger partial charge in [-0.1, -0.05) is 70.4 Å². The Morgan fingerprint density at radius 2 is 1.42 bits per heavy atom. The molecule has 0 spiro atoms. The van der Waals surface area contributed by atoms with E-state index in [0.29, 0.717) is 44.8 Å². The third-order valence-electron chi connectivity index (χ3n) is 7.00. The highest BCUT2D eigenvalue weighted by Gasteiger charge is 2.19. The third kappa shape index (κ3) is 23.4. The van der Waals surface area contributed by atoms with Gasteiger partial charge in [-0.05, 0) is 26.2 Å². The van der Waals surface area contributed by atoms with E-state index in [-0.39, 0.29) is 56.8 Å². The first-order chi connectivity index (χ1) is 21.9. The van der Waals surface area contributed by atoms with Gasteiger partial charge < -0.3 is 28.4 Å². The molecule has 0 saturated carbocycles. The second-order valence-electron chi connectivity index (χ2n) is 11.4. The van der Waals surface area contributed by atoms with Crippen LogP contribution in [0.2, 0.25) is 0 Å². The predicted octanol–water partition coefficient (Wildman–Crippen LogP) is 5.39. The number of unbranched alkanes of at least 4 members (excludes halogenated alkanes) is 8. The summed E-state index contributed by atoms with van der Waals surface area (Å²) in [6.45, 7) is 8.52. The molecule has 45 heavy (non-hydrogen) atoms. The van der Waals surface area contributed by atoms with E-state index in [9.17, 15) is 14.4 Å². The fourth-order valence-electron chi connectivity index (χ4n) is 4.43. The lowest BCUT2D eigenvalue weighted by Gasteiger charge is -2.18. The summed E-state index contributed by atoms with van der Waals surface area (Å²) in [5, 5.41) is 8.26. The van der Waals surface area contributed by atoms with Gasteiger partial charge in [-0.15, -0.1) is 5.10 Å². The molecule has 0 aromatic carbocycles. The van der Waals surface area contributed by atoms with Crippen molar-refractivity contribution in [2.75, 3.05) is 46.8 Å². The number of esters is 3. The molecule has 0 amide bonds. The Morgan fingerprint density at radius 3 is 2.11 bits per heavy atom. The van der Waals surface area contributed by atoms with E-state index in [2.05, 4.69) is 24.2 Å². The highest BCUT2D eigenvalue weighted by molar-refractivity contribution is 5.70. The van der Waals surface area contributed by atoms with Crippen LogP contribution in [0.25, 0.3) is 0 Å². The summed E-state index contributed by atoms with van der Waals surface area (Å²) in [5.74, 6) is -0.969. The Morgan fingerprint density at radius 1 is 0.756 bits per heavy atom. The van der Waals surface area contributed by atoms with Crippen LogP contribution in [0.4, 0.5) is 0 Å². The van der Waals surface area contributed by atoms with Gasteiger partial charge in [0.2, 0.25) is 0 Å². The van der Waals surface area contributed by atoms with Gasteiger partial charge in [0.15, 0.2) is 6.10 Å². The van der Waals surface area contributed by atoms with Gasteiger partial charge in [0, 0.05) is 45.8 Å². The van der Waals surface area contributed by atoms with Crippen molar-refractivity contribution in [2.24, 2.45) is 0 Å². The second-order valence-corrected chi connectivity index (χ2v) is 11.4. The molecule has 0 bridgehead atoms. The number of ether oxygens (including phenoxy) is 6. The van der Waals surface area contributed by atoms with Crippen LogP contribution < -0.4 is 0 Å². The molecule has 0 aliphatic heterocycles. The number of nitrogens with zero attached hydrogens (tertiary/aromatic N) is 3. The van der Waals surface area contributed by atoms with Gasteiger partial charge in [0.05, 0.1) is 38.0 Å². The fourth-order valence-corrected chi connectivity index (χ4v) is 4.43. The average Bonchev–Trinajstić information content (AvgIpc) is 3.47. The maximum Gasteiger partial charge on any atom is 0.306 e. The van der Waals surface area contributed by atoms with E-state index in [0.717, 1.165) is 70.6 Å². The minimum absolute atomic E-state index is 0.0441. The first-order valence-corrected chi connectivity index (χ1v) is 17.0. The van der Waals surface area contributed by atoms with Gasteiger partial charge in [0.25, 0.3) is 0 Å². The lowest BCUT2D eigenvalue weighted by Crippen LogP contribution is -2.30. The average molecular weight is 642 g/mol. The smallest absolute Gasteiger partial charge is 0.306 e. The summed E-state index contributed by atoms with van der Waals surface area (Å²) in [4.78, 5) is 37.0. The van der Waals surface area contributed by atoms with Gasteiger partial charge in [-0.3, -0.25) is 14.4 Å². The van der Waals surface area contributed by atoms with Crippen molar-refractivity contribution >= 4 is 17.9 Å². The minimum atomic E-state index is -0.685. The van der Waals surface area contributed by atoms with Gasteiger partial charge in [-0.25, -0.2) is 4.68 Å². The number of methoxy groups -OCH3 is 1. The zero-order chi connectivity index (χ0) is 33.0. The molecular weight excluding hydrogens is 582 g/mol. The van der Waals surface area contributed by atoms with Crippen LogP contribution in [0.15, 0.2) is 6.20 Å². The van der Waals surface area contributed by atoms with Crippen LogP contribution in [-0.2, 0) is 55.8 Å². The summed E-state index contributed by atoms with van der Waals surface area (Å²) in [7, 11) is 1.66. The Hall–Kier alpha value is -2.57. The number of rotatable bonds is 30. The van der Waals surface area contributed by atoms with E-state index >= 15 is 0 Å². The maximum atomic E-state index is 12.5. The predicted molar refractivity (Wildman–Crippen MR) is 170 cm³/mol. The largest absolute Gasteiger partial charge is 0.463 e. The molecule has 2 atom stereocenters. The number of aryl methyl sites for hydroxylation is 1. The Balaban J connectivity index is 2.45. The summed E-state index contributed by atoms with van der Waals surface area (Å²) >= 11 is 0. The fraction of sp³-hybridized carbons (Fsp3) is 0.848. The van der Waals surface area contributed by atoms with Crippen molar-refractivity contribution in [3.05, 3.63) is 11.9 Å². The monoisotopic (exact) mass is 641 g/mol. The number of carbonyl (C=O) groups excluding carboxylic acids is 3. The summed E-state index contributed by atoms with van der Waals surface area (Å²) in [6, 6.07) is 0. The van der Waals surface area contributed by atoms with Crippen LogP contribution in [0, 0.1) is 0 Å². The highest BCUT2D eigenvalue weighted by atomic mass is 16.6. The summed E-state index contributed by atoms with van der Waals surface area (Å²) < 4.78 is 34.0. The first-order valence-electron chi connectivity index (χ1n) is 17.0. The van der Waals surface area contributed by atoms with Crippen LogP contribution in [-0.4, -0.2) is 91.9 Å². The normalized spacial score (nSPS) is 12.5. The van der Waals surface area contributed by atoms with Crippen molar-refractivity contribution in [2.45, 2.75) is 136 Å². The van der Waals surface area contributed by atoms with E-state index in [4.69, 9.17) is 28.4 Å². The minimum Gasteiger partial charge on any atom is -0.463 e. The molecule has 2 unspecified atom stereocenters. The maximum absolute atomic E-state index is 12.5. The molecular formula is C33H59N3O9. The standard InChI is InChI=1S/C33H59N3O9/c1-5-7-9-11-13-16-31(37)44-27-30(45-33(39)17-14-12-10-8-6-2)25-36-24-29(34-35-36)18-19-32(38)43-23-22-42-28(3)26-41-21-15-20-40-4/h24,28,30H,5-23,25-27H2,1-4H3. The summed E-state index contributed by atoms with van der Waals surface area (Å²) in [5.41, 5.74) is 0.604. The first kappa shape index (κ1) is 40.5. The topological polar surface area (TPSA) is 137 Å². The van der Waals surface area contributed by atoms with Gasteiger partial charge in [0.1, 0.15) is 13.2 Å². The molecule has 0 aliphatic rings. The van der Waals surface area contributed by atoms with Crippen molar-refractivity contribution in [1.29, 1.82) is 0 Å².